The highest BCUT2D eigenvalue weighted by Crippen LogP contribution is 2.30. The standard InChI is InChI=1S/C19H15N3O4/c1-13(23)14-8-9-17(18(11-14)22(24)25)21-15-5-4-6-16(12-15)26-19-7-2-3-10-20-19/h2-12,21H,1H3. The van der Waals surface area contributed by atoms with Gasteiger partial charge in [0, 0.05) is 35.6 Å². The molecule has 0 saturated heterocycles. The number of pyridine rings is 1. The van der Waals surface area contributed by atoms with Crippen molar-refractivity contribution in [3.63, 3.8) is 0 Å². The van der Waals surface area contributed by atoms with Crippen molar-refractivity contribution in [2.24, 2.45) is 0 Å². The number of anilines is 2. The highest BCUT2D eigenvalue weighted by molar-refractivity contribution is 5.95. The molecule has 0 fully saturated rings. The van der Waals surface area contributed by atoms with Crippen LogP contribution in [0.4, 0.5) is 17.1 Å². The SMILES string of the molecule is CC(=O)c1ccc(Nc2cccc(Oc3ccccn3)c2)c([N+](=O)[O-])c1. The molecule has 7 heteroatoms. The summed E-state index contributed by atoms with van der Waals surface area (Å²) in [4.78, 5) is 26.3. The molecule has 0 unspecified atom stereocenters. The van der Waals surface area contributed by atoms with E-state index in [-0.39, 0.29) is 22.7 Å². The fourth-order valence-corrected chi connectivity index (χ4v) is 2.33. The van der Waals surface area contributed by atoms with E-state index < -0.39 is 4.92 Å². The predicted octanol–water partition coefficient (Wildman–Crippen LogP) is 4.73. The zero-order valence-corrected chi connectivity index (χ0v) is 13.9. The van der Waals surface area contributed by atoms with E-state index in [0.717, 1.165) is 0 Å². The van der Waals surface area contributed by atoms with Crippen LogP contribution in [0.1, 0.15) is 17.3 Å². The van der Waals surface area contributed by atoms with Crippen LogP contribution in [-0.4, -0.2) is 15.7 Å². The average Bonchev–Trinajstić information content (AvgIpc) is 2.63. The Hall–Kier alpha value is -3.74. The summed E-state index contributed by atoms with van der Waals surface area (Å²) in [6.07, 6.45) is 1.62. The van der Waals surface area contributed by atoms with Gasteiger partial charge in [-0.2, -0.15) is 0 Å². The van der Waals surface area contributed by atoms with Crippen LogP contribution >= 0.6 is 0 Å². The maximum Gasteiger partial charge on any atom is 0.293 e. The molecule has 0 radical (unpaired) electrons. The molecule has 26 heavy (non-hydrogen) atoms. The van der Waals surface area contributed by atoms with Gasteiger partial charge in [0.1, 0.15) is 11.4 Å². The van der Waals surface area contributed by atoms with E-state index >= 15 is 0 Å². The summed E-state index contributed by atoms with van der Waals surface area (Å²) >= 11 is 0. The van der Waals surface area contributed by atoms with E-state index in [1.807, 2.05) is 6.07 Å². The van der Waals surface area contributed by atoms with Crippen LogP contribution in [0.15, 0.2) is 66.9 Å². The van der Waals surface area contributed by atoms with Crippen molar-refractivity contribution in [2.75, 3.05) is 5.32 Å². The van der Waals surface area contributed by atoms with Crippen LogP contribution in [0.25, 0.3) is 0 Å². The average molecular weight is 349 g/mol. The Labute approximate surface area is 149 Å². The number of hydrogen-bond acceptors (Lipinski definition) is 6. The number of benzene rings is 2. The maximum absolute atomic E-state index is 11.4. The number of ether oxygens (including phenoxy) is 1. The number of nitrogens with zero attached hydrogens (tertiary/aromatic N) is 2. The molecular formula is C19H15N3O4. The van der Waals surface area contributed by atoms with Gasteiger partial charge in [0.2, 0.25) is 5.88 Å². The van der Waals surface area contributed by atoms with Crippen LogP contribution in [-0.2, 0) is 0 Å². The number of rotatable bonds is 6. The molecular weight excluding hydrogens is 334 g/mol. The fraction of sp³-hybridized carbons (Fsp3) is 0.0526. The molecule has 0 aliphatic carbocycles. The van der Waals surface area contributed by atoms with Gasteiger partial charge in [-0.3, -0.25) is 14.9 Å². The van der Waals surface area contributed by atoms with E-state index in [1.165, 1.54) is 19.1 Å². The molecule has 2 aromatic carbocycles. The van der Waals surface area contributed by atoms with Gasteiger partial charge in [-0.15, -0.1) is 0 Å². The van der Waals surface area contributed by atoms with Gasteiger partial charge in [0.05, 0.1) is 4.92 Å². The highest BCUT2D eigenvalue weighted by Gasteiger charge is 2.16. The summed E-state index contributed by atoms with van der Waals surface area (Å²) in [7, 11) is 0. The molecule has 0 atom stereocenters. The van der Waals surface area contributed by atoms with Gasteiger partial charge in [0.25, 0.3) is 5.69 Å². The fourth-order valence-electron chi connectivity index (χ4n) is 2.33. The van der Waals surface area contributed by atoms with Crippen LogP contribution in [0.5, 0.6) is 11.6 Å². The third-order valence-electron chi connectivity index (χ3n) is 3.57. The molecule has 130 valence electrons. The lowest BCUT2D eigenvalue weighted by atomic mass is 10.1. The van der Waals surface area contributed by atoms with Crippen molar-refractivity contribution in [1.82, 2.24) is 4.98 Å². The van der Waals surface area contributed by atoms with Gasteiger partial charge < -0.3 is 10.1 Å². The number of aromatic nitrogens is 1. The lowest BCUT2D eigenvalue weighted by Gasteiger charge is -2.10. The number of Topliss-reactive ketones (excluding diaryl/α,β-unsaturated/α-hetero) is 1. The predicted molar refractivity (Wildman–Crippen MR) is 97.1 cm³/mol. The van der Waals surface area contributed by atoms with E-state index in [9.17, 15) is 14.9 Å². The normalized spacial score (nSPS) is 10.2. The molecule has 0 saturated carbocycles. The first-order valence-corrected chi connectivity index (χ1v) is 7.78. The maximum atomic E-state index is 11.4. The van der Waals surface area contributed by atoms with Crippen LogP contribution < -0.4 is 10.1 Å². The van der Waals surface area contributed by atoms with Crippen molar-refractivity contribution in [3.8, 4) is 11.6 Å². The Morgan fingerprint density at radius 1 is 1.12 bits per heavy atom. The number of nitro benzene ring substituents is 1. The molecule has 0 aliphatic heterocycles. The summed E-state index contributed by atoms with van der Waals surface area (Å²) in [6.45, 7) is 1.37. The quantitative estimate of drug-likeness (QED) is 0.393. The van der Waals surface area contributed by atoms with Gasteiger partial charge in [0.15, 0.2) is 5.78 Å². The van der Waals surface area contributed by atoms with Gasteiger partial charge in [-0.1, -0.05) is 12.1 Å². The summed E-state index contributed by atoms with van der Waals surface area (Å²) in [5.74, 6) is 0.753. The van der Waals surface area contributed by atoms with Crippen LogP contribution in [0, 0.1) is 10.1 Å². The van der Waals surface area contributed by atoms with Crippen molar-refractivity contribution in [2.45, 2.75) is 6.92 Å². The summed E-state index contributed by atoms with van der Waals surface area (Å²) < 4.78 is 5.66. The smallest absolute Gasteiger partial charge is 0.293 e. The van der Waals surface area contributed by atoms with E-state index in [1.54, 1.807) is 48.7 Å². The first kappa shape index (κ1) is 17.1. The summed E-state index contributed by atoms with van der Waals surface area (Å²) in [6, 6.07) is 16.6. The van der Waals surface area contributed by atoms with Crippen molar-refractivity contribution in [1.29, 1.82) is 0 Å². The lowest BCUT2D eigenvalue weighted by molar-refractivity contribution is -0.383. The Morgan fingerprint density at radius 2 is 1.96 bits per heavy atom. The van der Waals surface area contributed by atoms with Crippen molar-refractivity contribution in [3.05, 3.63) is 82.5 Å². The third kappa shape index (κ3) is 4.02. The van der Waals surface area contributed by atoms with Crippen LogP contribution in [0.2, 0.25) is 0 Å². The molecule has 0 amide bonds. The van der Waals surface area contributed by atoms with E-state index in [4.69, 9.17) is 4.74 Å². The molecule has 1 N–H and O–H groups in total. The zero-order chi connectivity index (χ0) is 18.5. The number of ketones is 1. The topological polar surface area (TPSA) is 94.4 Å². The molecule has 1 aromatic heterocycles. The van der Waals surface area contributed by atoms with Crippen molar-refractivity contribution < 1.29 is 14.5 Å². The van der Waals surface area contributed by atoms with Crippen molar-refractivity contribution >= 4 is 22.8 Å². The lowest BCUT2D eigenvalue weighted by Crippen LogP contribution is -2.00. The Bertz CT molecular complexity index is 958. The first-order chi connectivity index (χ1) is 12.5. The zero-order valence-electron chi connectivity index (χ0n) is 13.9. The number of nitrogens with one attached hydrogen (secondary N) is 1. The van der Waals surface area contributed by atoms with Crippen LogP contribution in [0.3, 0.4) is 0 Å². The second kappa shape index (κ2) is 7.43. The minimum atomic E-state index is -0.525. The molecule has 3 aromatic rings. The number of nitro groups is 1. The summed E-state index contributed by atoms with van der Waals surface area (Å²) in [5, 5.41) is 14.3. The Balaban J connectivity index is 1.86. The second-order valence-corrected chi connectivity index (χ2v) is 5.47. The largest absolute Gasteiger partial charge is 0.439 e. The molecule has 0 aliphatic rings. The van der Waals surface area contributed by atoms with Gasteiger partial charge >= 0.3 is 0 Å². The minimum Gasteiger partial charge on any atom is -0.439 e. The summed E-state index contributed by atoms with van der Waals surface area (Å²) in [5.41, 5.74) is 1.01. The monoisotopic (exact) mass is 349 g/mol. The molecule has 0 bridgehead atoms. The third-order valence-corrected chi connectivity index (χ3v) is 3.57. The van der Waals surface area contributed by atoms with E-state index in [2.05, 4.69) is 10.3 Å². The molecule has 1 heterocycles. The first-order valence-electron chi connectivity index (χ1n) is 7.78. The van der Waals surface area contributed by atoms with Gasteiger partial charge in [-0.25, -0.2) is 4.98 Å². The van der Waals surface area contributed by atoms with Gasteiger partial charge in [-0.05, 0) is 37.3 Å². The highest BCUT2D eigenvalue weighted by atomic mass is 16.6. The number of carbonyl (C=O) groups is 1. The molecule has 7 nitrogen and oxygen atoms in total. The Kier molecular flexibility index (Phi) is 4.89. The molecule has 3 rings (SSSR count). The van der Waals surface area contributed by atoms with E-state index in [0.29, 0.717) is 17.3 Å². The number of carbonyl (C=O) groups excluding carboxylic acids is 1. The number of hydrogen-bond donors (Lipinski definition) is 1. The second-order valence-electron chi connectivity index (χ2n) is 5.47. The molecule has 0 spiro atoms. The minimum absolute atomic E-state index is 0.172. The Morgan fingerprint density at radius 3 is 2.65 bits per heavy atom.